The van der Waals surface area contributed by atoms with E-state index in [1.807, 2.05) is 18.2 Å². The third-order valence-corrected chi connectivity index (χ3v) is 5.15. The van der Waals surface area contributed by atoms with Crippen LogP contribution in [-0.2, 0) is 6.54 Å². The van der Waals surface area contributed by atoms with Crippen molar-refractivity contribution in [2.75, 3.05) is 7.05 Å². The zero-order valence-electron chi connectivity index (χ0n) is 15.7. The van der Waals surface area contributed by atoms with E-state index in [1.165, 1.54) is 23.9 Å². The molecule has 0 radical (unpaired) electrons. The number of fused-ring (bicyclic) bond motifs is 1. The van der Waals surface area contributed by atoms with Crippen molar-refractivity contribution < 1.29 is 9.59 Å². The van der Waals surface area contributed by atoms with Crippen molar-refractivity contribution in [2.45, 2.75) is 25.9 Å². The second kappa shape index (κ2) is 6.95. The van der Waals surface area contributed by atoms with Crippen molar-refractivity contribution in [3.8, 4) is 0 Å². The maximum absolute atomic E-state index is 12.9. The maximum atomic E-state index is 12.9. The van der Waals surface area contributed by atoms with E-state index in [4.69, 9.17) is 0 Å². The average Bonchev–Trinajstić information content (AvgIpc) is 3.17. The molecule has 2 amide bonds. The summed E-state index contributed by atoms with van der Waals surface area (Å²) in [5.74, 6) is -0.354. The first-order valence-electron chi connectivity index (χ1n) is 9.16. The van der Waals surface area contributed by atoms with Crippen LogP contribution in [0.2, 0.25) is 0 Å². The van der Waals surface area contributed by atoms with Crippen LogP contribution in [0.15, 0.2) is 41.5 Å². The fourth-order valence-electron chi connectivity index (χ4n) is 3.30. The molecule has 3 aromatic rings. The second-order valence-electron chi connectivity index (χ2n) is 7.20. The minimum absolute atomic E-state index is 0.0595. The number of benzene rings is 1. The summed E-state index contributed by atoms with van der Waals surface area (Å²) in [6.07, 6.45) is 4.15. The molecular formula is C20H21N5O3. The summed E-state index contributed by atoms with van der Waals surface area (Å²) in [6, 6.07) is 7.18. The van der Waals surface area contributed by atoms with Crippen LogP contribution in [0.4, 0.5) is 0 Å². The Balaban J connectivity index is 1.75. The third-order valence-electron chi connectivity index (χ3n) is 5.15. The average molecular weight is 379 g/mol. The Kier molecular flexibility index (Phi) is 4.46. The van der Waals surface area contributed by atoms with Gasteiger partial charge in [-0.3, -0.25) is 19.5 Å². The first-order chi connectivity index (χ1) is 13.5. The highest BCUT2D eigenvalue weighted by Crippen LogP contribution is 2.29. The Morgan fingerprint density at radius 1 is 1.32 bits per heavy atom. The smallest absolute Gasteiger partial charge is 0.263 e. The van der Waals surface area contributed by atoms with Gasteiger partial charge in [-0.05, 0) is 24.0 Å². The zero-order valence-corrected chi connectivity index (χ0v) is 15.7. The molecule has 0 aliphatic heterocycles. The van der Waals surface area contributed by atoms with Crippen LogP contribution < -0.4 is 16.2 Å². The standard InChI is InChI=1S/C20H21N5O3/c1-11-6-16(11)23-18(26)14-7-15(19(27)21-2)20(28)25(10-14)9-13-5-3-4-12-8-22-24-17(12)13/h3-5,7-8,10-11,16H,6,9H2,1-2H3,(H,21,27)(H,22,24)(H,23,26)/t11-,16-/m0/s1. The molecule has 0 spiro atoms. The summed E-state index contributed by atoms with van der Waals surface area (Å²) >= 11 is 0. The number of aromatic amines is 1. The molecule has 0 saturated heterocycles. The Labute approximate surface area is 160 Å². The van der Waals surface area contributed by atoms with E-state index in [2.05, 4.69) is 27.8 Å². The minimum atomic E-state index is -0.520. The summed E-state index contributed by atoms with van der Waals surface area (Å²) < 4.78 is 1.39. The van der Waals surface area contributed by atoms with Crippen LogP contribution in [0, 0.1) is 5.92 Å². The highest BCUT2D eigenvalue weighted by Gasteiger charge is 2.34. The minimum Gasteiger partial charge on any atom is -0.355 e. The van der Waals surface area contributed by atoms with Gasteiger partial charge in [0, 0.05) is 24.7 Å². The van der Waals surface area contributed by atoms with Crippen molar-refractivity contribution in [1.82, 2.24) is 25.4 Å². The van der Waals surface area contributed by atoms with Crippen LogP contribution in [0.25, 0.3) is 10.9 Å². The Morgan fingerprint density at radius 3 is 2.82 bits per heavy atom. The van der Waals surface area contributed by atoms with E-state index in [-0.39, 0.29) is 29.6 Å². The highest BCUT2D eigenvalue weighted by molar-refractivity contribution is 5.99. The van der Waals surface area contributed by atoms with Gasteiger partial charge in [0.15, 0.2) is 0 Å². The largest absolute Gasteiger partial charge is 0.355 e. The summed E-state index contributed by atoms with van der Waals surface area (Å²) in [5.41, 5.74) is 1.43. The van der Waals surface area contributed by atoms with E-state index in [1.54, 1.807) is 6.20 Å². The zero-order chi connectivity index (χ0) is 19.8. The monoisotopic (exact) mass is 379 g/mol. The number of rotatable bonds is 5. The number of carbonyl (C=O) groups is 2. The van der Waals surface area contributed by atoms with E-state index in [0.29, 0.717) is 5.92 Å². The van der Waals surface area contributed by atoms with E-state index >= 15 is 0 Å². The van der Waals surface area contributed by atoms with Crippen LogP contribution in [-0.4, -0.2) is 39.7 Å². The van der Waals surface area contributed by atoms with Gasteiger partial charge in [0.05, 0.1) is 23.8 Å². The molecular weight excluding hydrogens is 358 g/mol. The lowest BCUT2D eigenvalue weighted by Crippen LogP contribution is -2.34. The van der Waals surface area contributed by atoms with Crippen molar-refractivity contribution in [2.24, 2.45) is 5.92 Å². The van der Waals surface area contributed by atoms with Crippen LogP contribution in [0.3, 0.4) is 0 Å². The van der Waals surface area contributed by atoms with Gasteiger partial charge in [0.1, 0.15) is 5.56 Å². The highest BCUT2D eigenvalue weighted by atomic mass is 16.2. The second-order valence-corrected chi connectivity index (χ2v) is 7.20. The molecule has 2 aromatic heterocycles. The number of nitrogens with zero attached hydrogens (tertiary/aromatic N) is 2. The summed E-state index contributed by atoms with van der Waals surface area (Å²) in [4.78, 5) is 37.7. The molecule has 1 aliphatic carbocycles. The van der Waals surface area contributed by atoms with Crippen molar-refractivity contribution in [3.05, 3.63) is 63.7 Å². The first-order valence-corrected chi connectivity index (χ1v) is 9.16. The molecule has 1 saturated carbocycles. The molecule has 8 nitrogen and oxygen atoms in total. The lowest BCUT2D eigenvalue weighted by atomic mass is 10.1. The van der Waals surface area contributed by atoms with Crippen molar-refractivity contribution >= 4 is 22.7 Å². The third kappa shape index (κ3) is 3.28. The number of H-pyrrole nitrogens is 1. The number of pyridine rings is 1. The van der Waals surface area contributed by atoms with Gasteiger partial charge < -0.3 is 15.2 Å². The lowest BCUT2D eigenvalue weighted by Gasteiger charge is -2.12. The molecule has 2 atom stereocenters. The quantitative estimate of drug-likeness (QED) is 0.620. The number of hydrogen-bond acceptors (Lipinski definition) is 4. The van der Waals surface area contributed by atoms with Gasteiger partial charge in [-0.1, -0.05) is 25.1 Å². The van der Waals surface area contributed by atoms with Crippen molar-refractivity contribution in [3.63, 3.8) is 0 Å². The van der Waals surface area contributed by atoms with Gasteiger partial charge in [-0.25, -0.2) is 0 Å². The molecule has 4 rings (SSSR count). The van der Waals surface area contributed by atoms with Crippen LogP contribution in [0.5, 0.6) is 0 Å². The van der Waals surface area contributed by atoms with Gasteiger partial charge in [-0.15, -0.1) is 0 Å². The van der Waals surface area contributed by atoms with Crippen LogP contribution >= 0.6 is 0 Å². The maximum Gasteiger partial charge on any atom is 0.263 e. The summed E-state index contributed by atoms with van der Waals surface area (Å²) in [6.45, 7) is 2.27. The predicted octanol–water partition coefficient (Wildman–Crippen LogP) is 1.27. The fourth-order valence-corrected chi connectivity index (χ4v) is 3.30. The number of carbonyl (C=O) groups excluding carboxylic acids is 2. The molecule has 144 valence electrons. The van der Waals surface area contributed by atoms with E-state index < -0.39 is 11.5 Å². The molecule has 1 aliphatic rings. The van der Waals surface area contributed by atoms with Crippen molar-refractivity contribution in [1.29, 1.82) is 0 Å². The first kappa shape index (κ1) is 18.0. The number of para-hydroxylation sites is 1. The predicted molar refractivity (Wildman–Crippen MR) is 104 cm³/mol. The molecule has 8 heteroatoms. The van der Waals surface area contributed by atoms with E-state index in [9.17, 15) is 14.4 Å². The van der Waals surface area contributed by atoms with Gasteiger partial charge in [0.2, 0.25) is 0 Å². The van der Waals surface area contributed by atoms with Gasteiger partial charge in [-0.2, -0.15) is 5.10 Å². The molecule has 2 heterocycles. The fraction of sp³-hybridized carbons (Fsp3) is 0.300. The summed E-state index contributed by atoms with van der Waals surface area (Å²) in [5, 5.41) is 13.3. The number of hydrogen-bond donors (Lipinski definition) is 3. The van der Waals surface area contributed by atoms with Gasteiger partial charge >= 0.3 is 0 Å². The summed E-state index contributed by atoms with van der Waals surface area (Å²) in [7, 11) is 1.45. The number of aromatic nitrogens is 3. The molecule has 1 aromatic carbocycles. The molecule has 0 unspecified atom stereocenters. The molecule has 28 heavy (non-hydrogen) atoms. The number of nitrogens with one attached hydrogen (secondary N) is 3. The molecule has 0 bridgehead atoms. The van der Waals surface area contributed by atoms with E-state index in [0.717, 1.165) is 22.9 Å². The Bertz CT molecular complexity index is 1130. The Hall–Kier alpha value is -3.42. The molecule has 1 fully saturated rings. The normalized spacial score (nSPS) is 18.1. The topological polar surface area (TPSA) is 109 Å². The van der Waals surface area contributed by atoms with Gasteiger partial charge in [0.25, 0.3) is 17.4 Å². The lowest BCUT2D eigenvalue weighted by molar-refractivity contribution is 0.0948. The Morgan fingerprint density at radius 2 is 2.11 bits per heavy atom. The van der Waals surface area contributed by atoms with Crippen LogP contribution in [0.1, 0.15) is 39.6 Å². The number of amides is 2. The molecule has 3 N–H and O–H groups in total. The SMILES string of the molecule is CNC(=O)c1cc(C(=O)N[C@H]2C[C@@H]2C)cn(Cc2cccc3cn[nH]c23)c1=O.